The van der Waals surface area contributed by atoms with Crippen molar-refractivity contribution in [1.82, 2.24) is 9.97 Å². The summed E-state index contributed by atoms with van der Waals surface area (Å²) in [5, 5.41) is 0. The van der Waals surface area contributed by atoms with Gasteiger partial charge in [0.25, 0.3) is 0 Å². The van der Waals surface area contributed by atoms with Gasteiger partial charge in [-0.15, -0.1) is 0 Å². The molecule has 0 atom stereocenters. The van der Waals surface area contributed by atoms with E-state index in [1.165, 1.54) is 12.1 Å². The molecule has 84 valence electrons. The highest BCUT2D eigenvalue weighted by molar-refractivity contribution is 6.12. The normalized spacial score (nSPS) is 11.2. The van der Waals surface area contributed by atoms with Gasteiger partial charge in [0.05, 0.1) is 0 Å². The summed E-state index contributed by atoms with van der Waals surface area (Å²) in [4.78, 5) is 19.0. The van der Waals surface area contributed by atoms with E-state index in [2.05, 4.69) is 9.97 Å². The number of hydrogen-bond donors (Lipinski definition) is 0. The summed E-state index contributed by atoms with van der Waals surface area (Å²) in [6, 6.07) is 7.38. The Bertz CT molecular complexity index is 535. The number of aldehydes is 1. The van der Waals surface area contributed by atoms with Gasteiger partial charge in [0, 0.05) is 18.0 Å². The lowest BCUT2D eigenvalue weighted by Crippen LogP contribution is -1.90. The van der Waals surface area contributed by atoms with Crippen LogP contribution in [0.4, 0.5) is 4.39 Å². The Morgan fingerprint density at radius 3 is 2.35 bits per heavy atom. The van der Waals surface area contributed by atoms with Crippen molar-refractivity contribution in [2.24, 2.45) is 0 Å². The second-order valence-corrected chi connectivity index (χ2v) is 3.33. The van der Waals surface area contributed by atoms with E-state index in [1.54, 1.807) is 36.7 Å². The molecule has 0 saturated carbocycles. The third kappa shape index (κ3) is 2.81. The highest BCUT2D eigenvalue weighted by Crippen LogP contribution is 2.14. The van der Waals surface area contributed by atoms with Crippen molar-refractivity contribution in [3.63, 3.8) is 0 Å². The molecule has 2 rings (SSSR count). The van der Waals surface area contributed by atoms with Gasteiger partial charge in [-0.3, -0.25) is 4.79 Å². The van der Waals surface area contributed by atoms with Gasteiger partial charge in [0.15, 0.2) is 12.1 Å². The van der Waals surface area contributed by atoms with E-state index in [0.29, 0.717) is 23.2 Å². The van der Waals surface area contributed by atoms with Crippen LogP contribution in [0.15, 0.2) is 42.7 Å². The van der Waals surface area contributed by atoms with E-state index in [1.807, 2.05) is 0 Å². The number of allylic oxidation sites excluding steroid dienone is 1. The van der Waals surface area contributed by atoms with Crippen LogP contribution in [-0.2, 0) is 4.79 Å². The van der Waals surface area contributed by atoms with Crippen molar-refractivity contribution in [3.05, 3.63) is 59.9 Å². The summed E-state index contributed by atoms with van der Waals surface area (Å²) < 4.78 is 12.7. The monoisotopic (exact) mass is 228 g/mol. The first-order valence-electron chi connectivity index (χ1n) is 4.99. The van der Waals surface area contributed by atoms with Crippen molar-refractivity contribution in [1.29, 1.82) is 0 Å². The Balaban J connectivity index is 2.37. The zero-order chi connectivity index (χ0) is 12.1. The second-order valence-electron chi connectivity index (χ2n) is 3.33. The molecule has 17 heavy (non-hydrogen) atoms. The van der Waals surface area contributed by atoms with Gasteiger partial charge in [-0.1, -0.05) is 12.1 Å². The van der Waals surface area contributed by atoms with E-state index in [9.17, 15) is 9.18 Å². The van der Waals surface area contributed by atoms with E-state index >= 15 is 0 Å². The maximum atomic E-state index is 12.7. The van der Waals surface area contributed by atoms with Crippen LogP contribution in [0.2, 0.25) is 0 Å². The molecule has 0 fully saturated rings. The Labute approximate surface area is 97.7 Å². The van der Waals surface area contributed by atoms with E-state index in [-0.39, 0.29) is 5.82 Å². The summed E-state index contributed by atoms with van der Waals surface area (Å²) in [7, 11) is 0. The van der Waals surface area contributed by atoms with Gasteiger partial charge in [-0.25, -0.2) is 14.4 Å². The number of carbonyl (C=O) groups is 1. The van der Waals surface area contributed by atoms with E-state index in [0.717, 1.165) is 0 Å². The summed E-state index contributed by atoms with van der Waals surface area (Å²) in [5.74, 6) is 0.105. The molecule has 2 aromatic rings. The highest BCUT2D eigenvalue weighted by atomic mass is 19.1. The predicted octanol–water partition coefficient (Wildman–Crippen LogP) is 2.36. The van der Waals surface area contributed by atoms with Crippen LogP contribution in [0.1, 0.15) is 11.4 Å². The second kappa shape index (κ2) is 5.12. The first-order chi connectivity index (χ1) is 8.29. The van der Waals surface area contributed by atoms with Gasteiger partial charge in [0.1, 0.15) is 5.82 Å². The first kappa shape index (κ1) is 11.1. The highest BCUT2D eigenvalue weighted by Gasteiger charge is 2.01. The van der Waals surface area contributed by atoms with Crippen LogP contribution in [0.25, 0.3) is 11.6 Å². The van der Waals surface area contributed by atoms with E-state index in [4.69, 9.17) is 0 Å². The van der Waals surface area contributed by atoms with Crippen molar-refractivity contribution in [2.75, 3.05) is 0 Å². The molecule has 1 aromatic heterocycles. The molecular weight excluding hydrogens is 219 g/mol. The maximum Gasteiger partial charge on any atom is 0.152 e. The van der Waals surface area contributed by atoms with Crippen LogP contribution >= 0.6 is 0 Å². The van der Waals surface area contributed by atoms with E-state index < -0.39 is 0 Å². The third-order valence-corrected chi connectivity index (χ3v) is 2.17. The van der Waals surface area contributed by atoms with Crippen LogP contribution in [0, 0.1) is 5.82 Å². The molecule has 1 heterocycles. The van der Waals surface area contributed by atoms with Crippen molar-refractivity contribution in [3.8, 4) is 0 Å². The lowest BCUT2D eigenvalue weighted by Gasteiger charge is -1.99. The van der Waals surface area contributed by atoms with Crippen LogP contribution < -0.4 is 0 Å². The van der Waals surface area contributed by atoms with Crippen molar-refractivity contribution >= 4 is 17.9 Å². The number of rotatable bonds is 3. The van der Waals surface area contributed by atoms with Crippen LogP contribution in [0.5, 0.6) is 0 Å². The van der Waals surface area contributed by atoms with Crippen molar-refractivity contribution < 1.29 is 9.18 Å². The SMILES string of the molecule is O=C/C(=C\c1ncccn1)c1ccc(F)cc1. The largest absolute Gasteiger partial charge is 0.298 e. The van der Waals surface area contributed by atoms with Crippen molar-refractivity contribution in [2.45, 2.75) is 0 Å². The van der Waals surface area contributed by atoms with Crippen LogP contribution in [0.3, 0.4) is 0 Å². The topological polar surface area (TPSA) is 42.9 Å². The Morgan fingerprint density at radius 1 is 1.12 bits per heavy atom. The summed E-state index contributed by atoms with van der Waals surface area (Å²) >= 11 is 0. The molecule has 3 nitrogen and oxygen atoms in total. The predicted molar refractivity (Wildman–Crippen MR) is 62.4 cm³/mol. The van der Waals surface area contributed by atoms with Gasteiger partial charge in [0.2, 0.25) is 0 Å². The molecule has 0 bridgehead atoms. The molecule has 0 spiro atoms. The molecule has 0 aliphatic heterocycles. The minimum absolute atomic E-state index is 0.338. The number of benzene rings is 1. The molecule has 1 aromatic carbocycles. The molecule has 0 saturated heterocycles. The fourth-order valence-corrected chi connectivity index (χ4v) is 1.35. The summed E-state index contributed by atoms with van der Waals surface area (Å²) in [6.07, 6.45) is 5.43. The lowest BCUT2D eigenvalue weighted by atomic mass is 10.1. The van der Waals surface area contributed by atoms with Gasteiger partial charge < -0.3 is 0 Å². The quantitative estimate of drug-likeness (QED) is 0.598. The third-order valence-electron chi connectivity index (χ3n) is 2.17. The molecule has 0 N–H and O–H groups in total. The first-order valence-corrected chi connectivity index (χ1v) is 4.99. The molecule has 0 amide bonds. The zero-order valence-corrected chi connectivity index (χ0v) is 8.88. The lowest BCUT2D eigenvalue weighted by molar-refractivity contribution is -0.103. The van der Waals surface area contributed by atoms with Gasteiger partial charge in [-0.05, 0) is 29.8 Å². The minimum Gasteiger partial charge on any atom is -0.298 e. The zero-order valence-electron chi connectivity index (χ0n) is 8.88. The minimum atomic E-state index is -0.338. The maximum absolute atomic E-state index is 12.7. The molecule has 0 aliphatic carbocycles. The molecule has 0 aliphatic rings. The summed E-state index contributed by atoms with van der Waals surface area (Å²) in [6.45, 7) is 0. The van der Waals surface area contributed by atoms with Gasteiger partial charge >= 0.3 is 0 Å². The molecule has 4 heteroatoms. The van der Waals surface area contributed by atoms with Gasteiger partial charge in [-0.2, -0.15) is 0 Å². The Morgan fingerprint density at radius 2 is 1.76 bits per heavy atom. The standard InChI is InChI=1S/C13H9FN2O/c14-12-4-2-10(3-5-12)11(9-17)8-13-15-6-1-7-16-13/h1-9H/b11-8+. The number of hydrogen-bond acceptors (Lipinski definition) is 3. The molecule has 0 radical (unpaired) electrons. The Kier molecular flexibility index (Phi) is 3.35. The van der Waals surface area contributed by atoms with Crippen LogP contribution in [-0.4, -0.2) is 16.3 Å². The Hall–Kier alpha value is -2.36. The summed E-state index contributed by atoms with van der Waals surface area (Å²) in [5.41, 5.74) is 1.05. The number of halogens is 1. The fourth-order valence-electron chi connectivity index (χ4n) is 1.35. The number of aromatic nitrogens is 2. The average molecular weight is 228 g/mol. The smallest absolute Gasteiger partial charge is 0.152 e. The molecular formula is C13H9FN2O. The fraction of sp³-hybridized carbons (Fsp3) is 0. The number of carbonyl (C=O) groups excluding carboxylic acids is 1. The average Bonchev–Trinajstić information content (AvgIpc) is 2.38. The molecule has 0 unspecified atom stereocenters. The number of nitrogens with zero attached hydrogens (tertiary/aromatic N) is 2.